The van der Waals surface area contributed by atoms with E-state index in [1.165, 1.54) is 0 Å². The minimum absolute atomic E-state index is 0.345. The van der Waals surface area contributed by atoms with Crippen LogP contribution in [0.3, 0.4) is 0 Å². The van der Waals surface area contributed by atoms with Crippen molar-refractivity contribution in [2.24, 2.45) is 0 Å². The molecule has 0 aliphatic rings. The van der Waals surface area contributed by atoms with Crippen molar-refractivity contribution in [2.75, 3.05) is 0 Å². The average Bonchev–Trinajstić information content (AvgIpc) is 2.20. The summed E-state index contributed by atoms with van der Waals surface area (Å²) in [6, 6.07) is 5.70. The van der Waals surface area contributed by atoms with Gasteiger partial charge in [0, 0.05) is 12.1 Å². The summed E-state index contributed by atoms with van der Waals surface area (Å²) in [5, 5.41) is 13.0. The number of aryl methyl sites for hydroxylation is 1. The first-order chi connectivity index (χ1) is 6.96. The van der Waals surface area contributed by atoms with Crippen molar-refractivity contribution in [1.82, 2.24) is 5.32 Å². The first-order valence-corrected chi connectivity index (χ1v) is 4.96. The molecule has 0 bridgehead atoms. The third-order valence-electron chi connectivity index (χ3n) is 2.40. The van der Waals surface area contributed by atoms with Gasteiger partial charge in [-0.3, -0.25) is 5.32 Å². The summed E-state index contributed by atoms with van der Waals surface area (Å²) in [6.07, 6.45) is 5.36. The molecule has 1 aromatic carbocycles. The van der Waals surface area contributed by atoms with Crippen LogP contribution in [0.4, 0.5) is 0 Å². The van der Waals surface area contributed by atoms with Crippen LogP contribution in [0, 0.1) is 19.3 Å². The van der Waals surface area contributed by atoms with E-state index in [0.717, 1.165) is 11.1 Å². The highest BCUT2D eigenvalue weighted by Crippen LogP contribution is 2.21. The maximum absolute atomic E-state index is 9.78. The highest BCUT2D eigenvalue weighted by Gasteiger charge is 2.13. The van der Waals surface area contributed by atoms with Crippen LogP contribution >= 0.6 is 0 Å². The van der Waals surface area contributed by atoms with Crippen LogP contribution in [-0.2, 0) is 6.54 Å². The lowest BCUT2D eigenvalue weighted by atomic mass is 10.1. The number of benzene rings is 1. The molecule has 15 heavy (non-hydrogen) atoms. The molecule has 0 radical (unpaired) electrons. The molecule has 0 aromatic heterocycles. The molecule has 0 saturated carbocycles. The lowest BCUT2D eigenvalue weighted by Gasteiger charge is -2.20. The predicted octanol–water partition coefficient (Wildman–Crippen LogP) is 2.20. The molecule has 0 aliphatic carbocycles. The summed E-state index contributed by atoms with van der Waals surface area (Å²) < 4.78 is 0. The van der Waals surface area contributed by atoms with Crippen LogP contribution in [0.1, 0.15) is 25.0 Å². The molecular formula is C13H17NO. The van der Waals surface area contributed by atoms with Gasteiger partial charge < -0.3 is 5.11 Å². The summed E-state index contributed by atoms with van der Waals surface area (Å²) in [6.45, 7) is 6.32. The Morgan fingerprint density at radius 2 is 2.13 bits per heavy atom. The molecule has 0 aliphatic heterocycles. The van der Waals surface area contributed by atoms with E-state index < -0.39 is 0 Å². The van der Waals surface area contributed by atoms with Crippen LogP contribution in [0.5, 0.6) is 5.75 Å². The lowest BCUT2D eigenvalue weighted by Crippen LogP contribution is -2.36. The molecule has 1 aromatic rings. The van der Waals surface area contributed by atoms with E-state index >= 15 is 0 Å². The number of para-hydroxylation sites is 1. The van der Waals surface area contributed by atoms with E-state index in [9.17, 15) is 5.11 Å². The molecule has 0 unspecified atom stereocenters. The average molecular weight is 203 g/mol. The third-order valence-corrected chi connectivity index (χ3v) is 2.40. The second-order valence-corrected chi connectivity index (χ2v) is 4.21. The minimum Gasteiger partial charge on any atom is -0.507 e. The van der Waals surface area contributed by atoms with E-state index in [1.54, 1.807) is 0 Å². The Bertz CT molecular complexity index is 388. The Hall–Kier alpha value is -1.46. The smallest absolute Gasteiger partial charge is 0.122 e. The van der Waals surface area contributed by atoms with Gasteiger partial charge in [-0.1, -0.05) is 24.1 Å². The zero-order chi connectivity index (χ0) is 11.5. The number of rotatable bonds is 3. The van der Waals surface area contributed by atoms with Crippen molar-refractivity contribution in [3.8, 4) is 18.1 Å². The van der Waals surface area contributed by atoms with Gasteiger partial charge >= 0.3 is 0 Å². The predicted molar refractivity (Wildman–Crippen MR) is 62.6 cm³/mol. The third kappa shape index (κ3) is 3.00. The van der Waals surface area contributed by atoms with Gasteiger partial charge in [-0.25, -0.2) is 0 Å². The number of hydrogen-bond donors (Lipinski definition) is 2. The molecule has 0 atom stereocenters. The van der Waals surface area contributed by atoms with Gasteiger partial charge in [-0.05, 0) is 26.3 Å². The Balaban J connectivity index is 2.75. The number of phenolic OH excluding ortho intramolecular Hbond substituents is 1. The number of hydrogen-bond acceptors (Lipinski definition) is 2. The maximum atomic E-state index is 9.78. The standard InChI is InChI=1S/C13H17NO/c1-5-13(3,4)14-9-11-8-6-7-10(2)12(11)15/h1,6-8,14-15H,9H2,2-4H3. The highest BCUT2D eigenvalue weighted by atomic mass is 16.3. The highest BCUT2D eigenvalue weighted by molar-refractivity contribution is 5.39. The Labute approximate surface area is 91.3 Å². The molecule has 2 nitrogen and oxygen atoms in total. The van der Waals surface area contributed by atoms with Gasteiger partial charge in [0.2, 0.25) is 0 Å². The van der Waals surface area contributed by atoms with Crippen molar-refractivity contribution < 1.29 is 5.11 Å². The summed E-state index contributed by atoms with van der Waals surface area (Å²) in [5.74, 6) is 3.00. The van der Waals surface area contributed by atoms with E-state index in [0.29, 0.717) is 12.3 Å². The van der Waals surface area contributed by atoms with Crippen LogP contribution in [0.15, 0.2) is 18.2 Å². The fourth-order valence-corrected chi connectivity index (χ4v) is 1.23. The molecular weight excluding hydrogens is 186 g/mol. The van der Waals surface area contributed by atoms with Crippen molar-refractivity contribution in [3.05, 3.63) is 29.3 Å². The number of phenols is 1. The second-order valence-electron chi connectivity index (χ2n) is 4.21. The molecule has 0 fully saturated rings. The molecule has 0 heterocycles. The second kappa shape index (κ2) is 4.37. The summed E-state index contributed by atoms with van der Waals surface area (Å²) >= 11 is 0. The van der Waals surface area contributed by atoms with Gasteiger partial charge in [-0.2, -0.15) is 0 Å². The number of terminal acetylenes is 1. The number of nitrogens with one attached hydrogen (secondary N) is 1. The molecule has 2 N–H and O–H groups in total. The van der Waals surface area contributed by atoms with Crippen LogP contribution in [-0.4, -0.2) is 10.6 Å². The Kier molecular flexibility index (Phi) is 3.39. The zero-order valence-corrected chi connectivity index (χ0v) is 9.46. The zero-order valence-electron chi connectivity index (χ0n) is 9.46. The van der Waals surface area contributed by atoms with Gasteiger partial charge in [0.1, 0.15) is 5.75 Å². The summed E-state index contributed by atoms with van der Waals surface area (Å²) in [5.41, 5.74) is 1.40. The van der Waals surface area contributed by atoms with Crippen molar-refractivity contribution in [1.29, 1.82) is 0 Å². The van der Waals surface area contributed by atoms with Crippen LogP contribution in [0.2, 0.25) is 0 Å². The van der Waals surface area contributed by atoms with E-state index in [4.69, 9.17) is 6.42 Å². The largest absolute Gasteiger partial charge is 0.507 e. The fourth-order valence-electron chi connectivity index (χ4n) is 1.23. The SMILES string of the molecule is C#CC(C)(C)NCc1cccc(C)c1O. The minimum atomic E-state index is -0.351. The first kappa shape index (κ1) is 11.6. The molecule has 0 spiro atoms. The van der Waals surface area contributed by atoms with Gasteiger partial charge in [-0.15, -0.1) is 6.42 Å². The molecule has 80 valence electrons. The first-order valence-electron chi connectivity index (χ1n) is 4.96. The van der Waals surface area contributed by atoms with E-state index in [2.05, 4.69) is 11.2 Å². The van der Waals surface area contributed by atoms with Gasteiger partial charge in [0.15, 0.2) is 0 Å². The monoisotopic (exact) mass is 203 g/mol. The van der Waals surface area contributed by atoms with Crippen molar-refractivity contribution in [2.45, 2.75) is 32.9 Å². The maximum Gasteiger partial charge on any atom is 0.122 e. The van der Waals surface area contributed by atoms with Crippen molar-refractivity contribution in [3.63, 3.8) is 0 Å². The Morgan fingerprint density at radius 1 is 1.47 bits per heavy atom. The van der Waals surface area contributed by atoms with Gasteiger partial charge in [0.05, 0.1) is 5.54 Å². The van der Waals surface area contributed by atoms with Crippen LogP contribution < -0.4 is 5.32 Å². The molecule has 0 amide bonds. The molecule has 2 heteroatoms. The topological polar surface area (TPSA) is 32.3 Å². The normalized spacial score (nSPS) is 11.1. The lowest BCUT2D eigenvalue weighted by molar-refractivity contribution is 0.445. The summed E-state index contributed by atoms with van der Waals surface area (Å²) in [7, 11) is 0. The Morgan fingerprint density at radius 3 is 2.73 bits per heavy atom. The number of aromatic hydroxyl groups is 1. The quantitative estimate of drug-likeness (QED) is 0.738. The fraction of sp³-hybridized carbons (Fsp3) is 0.385. The van der Waals surface area contributed by atoms with E-state index in [1.807, 2.05) is 39.0 Å². The van der Waals surface area contributed by atoms with Crippen molar-refractivity contribution >= 4 is 0 Å². The summed E-state index contributed by atoms with van der Waals surface area (Å²) in [4.78, 5) is 0. The van der Waals surface area contributed by atoms with Crippen LogP contribution in [0.25, 0.3) is 0 Å². The molecule has 0 saturated heterocycles. The van der Waals surface area contributed by atoms with E-state index in [-0.39, 0.29) is 5.54 Å². The van der Waals surface area contributed by atoms with Gasteiger partial charge in [0.25, 0.3) is 0 Å². The molecule has 1 rings (SSSR count).